The van der Waals surface area contributed by atoms with Gasteiger partial charge < -0.3 is 10.5 Å². The number of aromatic nitrogens is 2. The molecule has 2 aromatic rings. The molecular formula is C14H18N4O3S2. The van der Waals surface area contributed by atoms with Gasteiger partial charge in [0.1, 0.15) is 10.8 Å². The van der Waals surface area contributed by atoms with E-state index in [0.29, 0.717) is 24.0 Å². The monoisotopic (exact) mass is 354 g/mol. The summed E-state index contributed by atoms with van der Waals surface area (Å²) in [5.74, 6) is 0.677. The van der Waals surface area contributed by atoms with Crippen molar-refractivity contribution in [1.82, 2.24) is 14.5 Å². The first-order chi connectivity index (χ1) is 11.0. The highest BCUT2D eigenvalue weighted by atomic mass is 32.2. The van der Waals surface area contributed by atoms with Crippen molar-refractivity contribution >= 4 is 26.5 Å². The number of ether oxygens (including phenoxy) is 1. The van der Waals surface area contributed by atoms with Crippen LogP contribution in [0.2, 0.25) is 0 Å². The lowest BCUT2D eigenvalue weighted by Gasteiger charge is -2.30. The second-order valence-corrected chi connectivity index (χ2v) is 8.33. The number of rotatable bonds is 4. The van der Waals surface area contributed by atoms with E-state index >= 15 is 0 Å². The van der Waals surface area contributed by atoms with Gasteiger partial charge in [0.2, 0.25) is 15.2 Å². The molecule has 124 valence electrons. The van der Waals surface area contributed by atoms with E-state index in [1.54, 1.807) is 31.4 Å². The zero-order chi connectivity index (χ0) is 16.4. The quantitative estimate of drug-likeness (QED) is 0.897. The van der Waals surface area contributed by atoms with Crippen LogP contribution in [0.15, 0.2) is 29.2 Å². The Labute approximate surface area is 139 Å². The van der Waals surface area contributed by atoms with E-state index in [2.05, 4.69) is 10.2 Å². The van der Waals surface area contributed by atoms with Crippen LogP contribution in [0.4, 0.5) is 5.13 Å². The molecule has 1 aliphatic rings. The molecule has 3 rings (SSSR count). The maximum Gasteiger partial charge on any atom is 0.243 e. The summed E-state index contributed by atoms with van der Waals surface area (Å²) in [4.78, 5) is 0.274. The van der Waals surface area contributed by atoms with Crippen molar-refractivity contribution in [3.8, 4) is 5.75 Å². The van der Waals surface area contributed by atoms with Gasteiger partial charge in [-0.2, -0.15) is 4.31 Å². The highest BCUT2D eigenvalue weighted by Gasteiger charge is 2.32. The molecule has 23 heavy (non-hydrogen) atoms. The summed E-state index contributed by atoms with van der Waals surface area (Å²) in [5.41, 5.74) is 5.63. The van der Waals surface area contributed by atoms with Crippen LogP contribution in [0.25, 0.3) is 0 Å². The van der Waals surface area contributed by atoms with E-state index in [9.17, 15) is 8.42 Å². The fraction of sp³-hybridized carbons (Fsp3) is 0.429. The van der Waals surface area contributed by atoms with E-state index in [1.807, 2.05) is 0 Å². The van der Waals surface area contributed by atoms with Crippen LogP contribution in [0.5, 0.6) is 5.75 Å². The van der Waals surface area contributed by atoms with Crippen molar-refractivity contribution in [1.29, 1.82) is 0 Å². The Morgan fingerprint density at radius 3 is 2.65 bits per heavy atom. The van der Waals surface area contributed by atoms with Crippen LogP contribution in [0, 0.1) is 0 Å². The van der Waals surface area contributed by atoms with Crippen LogP contribution < -0.4 is 10.5 Å². The third-order valence-electron chi connectivity index (χ3n) is 3.89. The van der Waals surface area contributed by atoms with Gasteiger partial charge in [-0.1, -0.05) is 11.3 Å². The molecule has 1 aromatic heterocycles. The predicted octanol–water partition coefficient (Wildman–Crippen LogP) is 1.70. The number of sulfonamides is 1. The molecule has 0 aliphatic carbocycles. The Morgan fingerprint density at radius 2 is 2.04 bits per heavy atom. The molecule has 0 bridgehead atoms. The van der Waals surface area contributed by atoms with E-state index in [0.717, 1.165) is 17.8 Å². The van der Waals surface area contributed by atoms with Crippen LogP contribution in [0.3, 0.4) is 0 Å². The molecule has 0 radical (unpaired) electrons. The summed E-state index contributed by atoms with van der Waals surface area (Å²) < 4.78 is 32.2. The number of anilines is 1. The Hall–Kier alpha value is -1.71. The molecule has 1 fully saturated rings. The number of hydrogen-bond acceptors (Lipinski definition) is 7. The molecule has 2 heterocycles. The van der Waals surface area contributed by atoms with Crippen LogP contribution in [-0.2, 0) is 10.0 Å². The van der Waals surface area contributed by atoms with Crippen molar-refractivity contribution in [2.45, 2.75) is 23.7 Å². The van der Waals surface area contributed by atoms with Gasteiger partial charge in [0.25, 0.3) is 0 Å². The second kappa shape index (κ2) is 6.42. The maximum absolute atomic E-state index is 12.8. The zero-order valence-electron chi connectivity index (χ0n) is 12.7. The zero-order valence-corrected chi connectivity index (χ0v) is 14.3. The Balaban J connectivity index is 1.81. The van der Waals surface area contributed by atoms with Gasteiger partial charge >= 0.3 is 0 Å². The van der Waals surface area contributed by atoms with Gasteiger partial charge in [-0.3, -0.25) is 0 Å². The van der Waals surface area contributed by atoms with Gasteiger partial charge in [0.05, 0.1) is 12.0 Å². The van der Waals surface area contributed by atoms with Gasteiger partial charge in [0.15, 0.2) is 0 Å². The normalized spacial score (nSPS) is 19.6. The number of nitrogen functional groups attached to an aromatic ring is 1. The minimum absolute atomic E-state index is 0.0478. The molecule has 0 amide bonds. The number of nitrogens with two attached hydrogens (primary N) is 1. The number of nitrogens with zero attached hydrogens (tertiary/aromatic N) is 3. The Morgan fingerprint density at radius 1 is 1.30 bits per heavy atom. The van der Waals surface area contributed by atoms with Crippen LogP contribution in [0.1, 0.15) is 23.8 Å². The lowest BCUT2D eigenvalue weighted by molar-refractivity contribution is 0.314. The topological polar surface area (TPSA) is 98.4 Å². The van der Waals surface area contributed by atoms with Crippen molar-refractivity contribution < 1.29 is 13.2 Å². The van der Waals surface area contributed by atoms with Crippen molar-refractivity contribution in [3.63, 3.8) is 0 Å². The van der Waals surface area contributed by atoms with Gasteiger partial charge in [0, 0.05) is 19.0 Å². The van der Waals surface area contributed by atoms with Gasteiger partial charge in [-0.25, -0.2) is 8.42 Å². The first-order valence-electron chi connectivity index (χ1n) is 7.24. The van der Waals surface area contributed by atoms with Gasteiger partial charge in [-0.05, 0) is 37.1 Å². The summed E-state index contributed by atoms with van der Waals surface area (Å²) in [6.45, 7) is 0.919. The lowest BCUT2D eigenvalue weighted by atomic mass is 10.0. The van der Waals surface area contributed by atoms with Crippen LogP contribution in [-0.4, -0.2) is 43.1 Å². The second-order valence-electron chi connectivity index (χ2n) is 5.36. The standard InChI is InChI=1S/C14H18N4O3S2/c1-21-11-4-6-12(7-5-11)23(19,20)18-8-2-3-10(9-18)13-16-17-14(15)22-13/h4-7,10H,2-3,8-9H2,1H3,(H2,15,17)/t10-/m1/s1. The molecule has 0 unspecified atom stereocenters. The largest absolute Gasteiger partial charge is 0.497 e. The van der Waals surface area contributed by atoms with E-state index in [4.69, 9.17) is 10.5 Å². The summed E-state index contributed by atoms with van der Waals surface area (Å²) >= 11 is 1.33. The van der Waals surface area contributed by atoms with E-state index in [1.165, 1.54) is 15.6 Å². The van der Waals surface area contributed by atoms with Crippen molar-refractivity contribution in [2.75, 3.05) is 25.9 Å². The molecule has 9 heteroatoms. The SMILES string of the molecule is COc1ccc(S(=O)(=O)N2CCC[C@@H](c3nnc(N)s3)C2)cc1. The molecule has 0 spiro atoms. The number of methoxy groups -OCH3 is 1. The van der Waals surface area contributed by atoms with Gasteiger partial charge in [-0.15, -0.1) is 10.2 Å². The number of benzene rings is 1. The van der Waals surface area contributed by atoms with Crippen molar-refractivity contribution in [3.05, 3.63) is 29.3 Å². The molecule has 1 aromatic carbocycles. The highest BCUT2D eigenvalue weighted by molar-refractivity contribution is 7.89. The fourth-order valence-corrected chi connectivity index (χ4v) is 4.93. The highest BCUT2D eigenvalue weighted by Crippen LogP contribution is 2.32. The average molecular weight is 354 g/mol. The summed E-state index contributed by atoms with van der Waals surface area (Å²) in [6.07, 6.45) is 1.68. The lowest BCUT2D eigenvalue weighted by Crippen LogP contribution is -2.39. The first kappa shape index (κ1) is 16.2. The van der Waals surface area contributed by atoms with E-state index in [-0.39, 0.29) is 10.8 Å². The van der Waals surface area contributed by atoms with E-state index < -0.39 is 10.0 Å². The molecule has 1 atom stereocenters. The first-order valence-corrected chi connectivity index (χ1v) is 9.49. The Kier molecular flexibility index (Phi) is 4.51. The fourth-order valence-electron chi connectivity index (χ4n) is 2.67. The third-order valence-corrected chi connectivity index (χ3v) is 6.68. The van der Waals surface area contributed by atoms with Crippen LogP contribution >= 0.6 is 11.3 Å². The third kappa shape index (κ3) is 3.31. The molecule has 1 saturated heterocycles. The molecule has 1 aliphatic heterocycles. The number of hydrogen-bond donors (Lipinski definition) is 1. The molecule has 0 saturated carbocycles. The summed E-state index contributed by atoms with van der Waals surface area (Å²) in [5, 5.41) is 9.09. The minimum atomic E-state index is -3.52. The molecule has 2 N–H and O–H groups in total. The summed E-state index contributed by atoms with van der Waals surface area (Å²) in [7, 11) is -1.97. The predicted molar refractivity (Wildman–Crippen MR) is 88.0 cm³/mol. The maximum atomic E-state index is 12.8. The Bertz CT molecular complexity index is 774. The smallest absolute Gasteiger partial charge is 0.243 e. The number of piperidine rings is 1. The van der Waals surface area contributed by atoms with Crippen molar-refractivity contribution in [2.24, 2.45) is 0 Å². The summed E-state index contributed by atoms with van der Waals surface area (Å²) in [6, 6.07) is 6.45. The minimum Gasteiger partial charge on any atom is -0.497 e. The average Bonchev–Trinajstić information content (AvgIpc) is 3.01. The molecule has 7 nitrogen and oxygen atoms in total. The molecular weight excluding hydrogens is 336 g/mol.